The van der Waals surface area contributed by atoms with Gasteiger partial charge in [0.15, 0.2) is 0 Å². The molecule has 2 aliphatic heterocycles. The van der Waals surface area contributed by atoms with Crippen molar-refractivity contribution in [3.05, 3.63) is 40.7 Å². The molecule has 2 unspecified atom stereocenters. The predicted octanol–water partition coefficient (Wildman–Crippen LogP) is 3.04. The molecule has 2 aliphatic rings. The molecular weight excluding hydrogens is 433 g/mol. The number of likely N-dealkylation sites (tertiary alicyclic amines) is 1. The molecule has 1 N–H and O–H groups in total. The Kier molecular flexibility index (Phi) is 9.08. The van der Waals surface area contributed by atoms with Crippen molar-refractivity contribution >= 4 is 29.5 Å². The molecule has 1 aromatic carbocycles. The number of piperidine rings is 1. The Morgan fingerprint density at radius 3 is 2.75 bits per heavy atom. The largest absolute Gasteiger partial charge is 0.393 e. The van der Waals surface area contributed by atoms with E-state index in [-0.39, 0.29) is 22.9 Å². The summed E-state index contributed by atoms with van der Waals surface area (Å²) in [5.74, 6) is -0.259. The highest BCUT2D eigenvalue weighted by Crippen LogP contribution is 2.18. The standard InChI is InChI=1S/C24H33ClFN3O3/c1-18-17-27(12-8-22(18)30)10-2-3-11-28-14-15-29(13-9-24(28)32)23(31)7-5-19-4-6-21(26)20(25)16-19/h4-7,16,18,22,30H,2-3,8-15,17H2,1H3/b7-5+. The van der Waals surface area contributed by atoms with Gasteiger partial charge in [-0.2, -0.15) is 0 Å². The quantitative estimate of drug-likeness (QED) is 0.496. The van der Waals surface area contributed by atoms with Gasteiger partial charge in [0.05, 0.1) is 11.1 Å². The molecule has 8 heteroatoms. The van der Waals surface area contributed by atoms with Crippen molar-refractivity contribution in [1.29, 1.82) is 0 Å². The fourth-order valence-electron chi connectivity index (χ4n) is 4.27. The zero-order valence-electron chi connectivity index (χ0n) is 18.7. The highest BCUT2D eigenvalue weighted by Gasteiger charge is 2.24. The fourth-order valence-corrected chi connectivity index (χ4v) is 4.46. The van der Waals surface area contributed by atoms with Crippen LogP contribution in [0.1, 0.15) is 38.2 Å². The first-order valence-electron chi connectivity index (χ1n) is 11.4. The van der Waals surface area contributed by atoms with Gasteiger partial charge in [0.2, 0.25) is 11.8 Å². The lowest BCUT2D eigenvalue weighted by atomic mass is 9.96. The summed E-state index contributed by atoms with van der Waals surface area (Å²) in [6, 6.07) is 4.30. The number of halogens is 2. The number of carbonyl (C=O) groups is 2. The molecule has 1 aromatic rings. The first kappa shape index (κ1) is 24.7. The molecule has 0 aliphatic carbocycles. The SMILES string of the molecule is CC1CN(CCCCN2CCN(C(=O)/C=C/c3ccc(F)c(Cl)c3)CCC2=O)CCC1O. The monoisotopic (exact) mass is 465 g/mol. The Balaban J connectivity index is 1.41. The van der Waals surface area contributed by atoms with E-state index >= 15 is 0 Å². The summed E-state index contributed by atoms with van der Waals surface area (Å²) in [5.41, 5.74) is 0.648. The van der Waals surface area contributed by atoms with Crippen molar-refractivity contribution in [2.75, 3.05) is 45.8 Å². The van der Waals surface area contributed by atoms with Crippen LogP contribution in [0.3, 0.4) is 0 Å². The van der Waals surface area contributed by atoms with Crippen LogP contribution in [0, 0.1) is 11.7 Å². The third kappa shape index (κ3) is 7.02. The minimum Gasteiger partial charge on any atom is -0.393 e. The zero-order chi connectivity index (χ0) is 23.1. The summed E-state index contributed by atoms with van der Waals surface area (Å²) < 4.78 is 13.3. The molecule has 0 radical (unpaired) electrons. The van der Waals surface area contributed by atoms with Crippen molar-refractivity contribution in [3.63, 3.8) is 0 Å². The molecule has 32 heavy (non-hydrogen) atoms. The molecule has 176 valence electrons. The topological polar surface area (TPSA) is 64.1 Å². The normalized spacial score (nSPS) is 23.1. The van der Waals surface area contributed by atoms with Crippen molar-refractivity contribution in [2.24, 2.45) is 5.92 Å². The average Bonchev–Trinajstić information content (AvgIpc) is 2.96. The van der Waals surface area contributed by atoms with E-state index in [1.54, 1.807) is 17.0 Å². The second-order valence-electron chi connectivity index (χ2n) is 8.80. The molecule has 2 amide bonds. The number of nitrogens with zero attached hydrogens (tertiary/aromatic N) is 3. The summed E-state index contributed by atoms with van der Waals surface area (Å²) in [6.45, 7) is 7.08. The Morgan fingerprint density at radius 1 is 1.22 bits per heavy atom. The van der Waals surface area contributed by atoms with E-state index < -0.39 is 5.82 Å². The van der Waals surface area contributed by atoms with Crippen LogP contribution in [0.25, 0.3) is 6.08 Å². The van der Waals surface area contributed by atoms with Crippen LogP contribution < -0.4 is 0 Å². The van der Waals surface area contributed by atoms with E-state index in [0.29, 0.717) is 44.1 Å². The van der Waals surface area contributed by atoms with Gasteiger partial charge < -0.3 is 19.8 Å². The van der Waals surface area contributed by atoms with E-state index in [2.05, 4.69) is 11.8 Å². The molecular formula is C24H33ClFN3O3. The molecule has 3 rings (SSSR count). The number of amides is 2. The zero-order valence-corrected chi connectivity index (χ0v) is 19.4. The first-order valence-corrected chi connectivity index (χ1v) is 11.8. The van der Waals surface area contributed by atoms with Crippen LogP contribution in [0.4, 0.5) is 4.39 Å². The van der Waals surface area contributed by atoms with Crippen molar-refractivity contribution < 1.29 is 19.1 Å². The molecule has 2 fully saturated rings. The molecule has 0 spiro atoms. The van der Waals surface area contributed by atoms with Crippen LogP contribution in [0.5, 0.6) is 0 Å². The van der Waals surface area contributed by atoms with Crippen molar-refractivity contribution in [2.45, 2.75) is 38.7 Å². The number of aliphatic hydroxyl groups excluding tert-OH is 1. The fraction of sp³-hybridized carbons (Fsp3) is 0.583. The molecule has 0 saturated carbocycles. The average molecular weight is 466 g/mol. The van der Waals surface area contributed by atoms with E-state index in [9.17, 15) is 19.1 Å². The van der Waals surface area contributed by atoms with Crippen LogP contribution in [-0.4, -0.2) is 83.5 Å². The summed E-state index contributed by atoms with van der Waals surface area (Å²) in [4.78, 5) is 31.0. The van der Waals surface area contributed by atoms with Crippen LogP contribution in [-0.2, 0) is 9.59 Å². The van der Waals surface area contributed by atoms with Gasteiger partial charge in [-0.05, 0) is 55.5 Å². The van der Waals surface area contributed by atoms with Gasteiger partial charge in [0.1, 0.15) is 5.82 Å². The summed E-state index contributed by atoms with van der Waals surface area (Å²) >= 11 is 5.78. The number of rotatable bonds is 7. The Morgan fingerprint density at radius 2 is 2.00 bits per heavy atom. The highest BCUT2D eigenvalue weighted by molar-refractivity contribution is 6.30. The summed E-state index contributed by atoms with van der Waals surface area (Å²) in [6.07, 6.45) is 5.96. The van der Waals surface area contributed by atoms with E-state index in [1.807, 2.05) is 4.90 Å². The molecule has 2 heterocycles. The third-order valence-electron chi connectivity index (χ3n) is 6.36. The molecule has 0 bridgehead atoms. The van der Waals surface area contributed by atoms with Gasteiger partial charge in [0.25, 0.3) is 0 Å². The summed E-state index contributed by atoms with van der Waals surface area (Å²) in [7, 11) is 0. The van der Waals surface area contributed by atoms with Gasteiger partial charge in [-0.15, -0.1) is 0 Å². The van der Waals surface area contributed by atoms with Gasteiger partial charge in [-0.3, -0.25) is 9.59 Å². The predicted molar refractivity (Wildman–Crippen MR) is 124 cm³/mol. The smallest absolute Gasteiger partial charge is 0.246 e. The molecule has 0 aromatic heterocycles. The van der Waals surface area contributed by atoms with Gasteiger partial charge in [-0.25, -0.2) is 4.39 Å². The lowest BCUT2D eigenvalue weighted by Crippen LogP contribution is -2.42. The van der Waals surface area contributed by atoms with Gasteiger partial charge in [0, 0.05) is 51.8 Å². The molecule has 6 nitrogen and oxygen atoms in total. The van der Waals surface area contributed by atoms with Crippen molar-refractivity contribution in [1.82, 2.24) is 14.7 Å². The van der Waals surface area contributed by atoms with E-state index in [4.69, 9.17) is 11.6 Å². The highest BCUT2D eigenvalue weighted by atomic mass is 35.5. The van der Waals surface area contributed by atoms with Crippen LogP contribution >= 0.6 is 11.6 Å². The maximum Gasteiger partial charge on any atom is 0.246 e. The van der Waals surface area contributed by atoms with Crippen LogP contribution in [0.2, 0.25) is 5.02 Å². The molecule has 2 atom stereocenters. The van der Waals surface area contributed by atoms with Crippen LogP contribution in [0.15, 0.2) is 24.3 Å². The van der Waals surface area contributed by atoms with Gasteiger partial charge >= 0.3 is 0 Å². The Labute approximate surface area is 194 Å². The lowest BCUT2D eigenvalue weighted by Gasteiger charge is -2.34. The summed E-state index contributed by atoms with van der Waals surface area (Å²) in [5, 5.41) is 9.86. The van der Waals surface area contributed by atoms with E-state index in [1.165, 1.54) is 18.2 Å². The van der Waals surface area contributed by atoms with E-state index in [0.717, 1.165) is 38.9 Å². The first-order chi connectivity index (χ1) is 15.3. The number of hydrogen-bond donors (Lipinski definition) is 1. The number of benzene rings is 1. The lowest BCUT2D eigenvalue weighted by molar-refractivity contribution is -0.130. The maximum absolute atomic E-state index is 13.3. The minimum absolute atomic E-state index is 0.0167. The van der Waals surface area contributed by atoms with Crippen molar-refractivity contribution in [3.8, 4) is 0 Å². The third-order valence-corrected chi connectivity index (χ3v) is 6.65. The molecule has 2 saturated heterocycles. The minimum atomic E-state index is -0.495. The number of carbonyl (C=O) groups excluding carboxylic acids is 2. The number of aliphatic hydroxyl groups is 1. The number of unbranched alkanes of at least 4 members (excludes halogenated alkanes) is 1. The maximum atomic E-state index is 13.3. The number of hydrogen-bond acceptors (Lipinski definition) is 4. The Hall–Kier alpha value is -1.96. The van der Waals surface area contributed by atoms with Gasteiger partial charge in [-0.1, -0.05) is 24.6 Å². The second kappa shape index (κ2) is 11.8. The Bertz CT molecular complexity index is 835. The second-order valence-corrected chi connectivity index (χ2v) is 9.21.